The minimum atomic E-state index is -0.661. The zero-order valence-corrected chi connectivity index (χ0v) is 15.7. The van der Waals surface area contributed by atoms with Gasteiger partial charge in [-0.05, 0) is 50.2 Å². The fraction of sp³-hybridized carbons (Fsp3) is 0.409. The summed E-state index contributed by atoms with van der Waals surface area (Å²) in [5, 5.41) is 2.94. The minimum Gasteiger partial charge on any atom is -0.324 e. The van der Waals surface area contributed by atoms with Gasteiger partial charge < -0.3 is 16.0 Å². The fourth-order valence-corrected chi connectivity index (χ4v) is 4.13. The molecule has 138 valence electrons. The first-order valence-corrected chi connectivity index (χ1v) is 9.37. The topological polar surface area (TPSA) is 58.4 Å². The highest BCUT2D eigenvalue weighted by Gasteiger charge is 2.35. The first-order valence-electron chi connectivity index (χ1n) is 9.37. The van der Waals surface area contributed by atoms with Crippen molar-refractivity contribution in [3.63, 3.8) is 0 Å². The van der Waals surface area contributed by atoms with Crippen molar-refractivity contribution < 1.29 is 4.79 Å². The molecule has 0 saturated heterocycles. The number of nitrogens with two attached hydrogens (primary N) is 1. The van der Waals surface area contributed by atoms with Gasteiger partial charge in [0, 0.05) is 17.6 Å². The maximum absolute atomic E-state index is 12.4. The summed E-state index contributed by atoms with van der Waals surface area (Å²) in [5.41, 5.74) is 9.30. The molecule has 0 radical (unpaired) electrons. The van der Waals surface area contributed by atoms with E-state index >= 15 is 0 Å². The highest BCUT2D eigenvalue weighted by atomic mass is 16.2. The molecule has 0 aromatic heterocycles. The molecule has 1 atom stereocenters. The van der Waals surface area contributed by atoms with Gasteiger partial charge in [-0.3, -0.25) is 4.79 Å². The second-order valence-corrected chi connectivity index (χ2v) is 7.68. The van der Waals surface area contributed by atoms with E-state index in [4.69, 9.17) is 5.73 Å². The van der Waals surface area contributed by atoms with Crippen LogP contribution in [0.2, 0.25) is 0 Å². The average molecular weight is 351 g/mol. The van der Waals surface area contributed by atoms with Gasteiger partial charge in [0.2, 0.25) is 5.91 Å². The fourth-order valence-electron chi connectivity index (χ4n) is 4.13. The third-order valence-corrected chi connectivity index (χ3v) is 5.39. The molecule has 2 aromatic rings. The maximum atomic E-state index is 12.4. The van der Waals surface area contributed by atoms with Crippen LogP contribution < -0.4 is 11.1 Å². The number of nitrogens with zero attached hydrogens (tertiary/aromatic N) is 1. The molecule has 26 heavy (non-hydrogen) atoms. The number of hydrogen-bond acceptors (Lipinski definition) is 3. The molecule has 2 aromatic carbocycles. The van der Waals surface area contributed by atoms with Gasteiger partial charge in [-0.1, -0.05) is 55.3 Å². The second kappa shape index (κ2) is 8.02. The van der Waals surface area contributed by atoms with E-state index in [-0.39, 0.29) is 11.3 Å². The smallest absolute Gasteiger partial charge is 0.245 e. The molecule has 1 unspecified atom stereocenters. The first-order chi connectivity index (χ1) is 12.5. The van der Waals surface area contributed by atoms with Gasteiger partial charge in [0.25, 0.3) is 0 Å². The SMILES string of the molecule is CN(C)CC1(c2ccc(NC(=O)C(N)c3ccccc3)cc2)CCCC1. The molecule has 0 heterocycles. The minimum absolute atomic E-state index is 0.187. The van der Waals surface area contributed by atoms with Crippen molar-refractivity contribution in [1.82, 2.24) is 4.90 Å². The molecule has 4 nitrogen and oxygen atoms in total. The number of carbonyl (C=O) groups excluding carboxylic acids is 1. The molecule has 3 N–H and O–H groups in total. The number of rotatable bonds is 6. The van der Waals surface area contributed by atoms with Crippen LogP contribution in [0, 0.1) is 0 Å². The summed E-state index contributed by atoms with van der Waals surface area (Å²) in [6, 6.07) is 17.1. The molecule has 0 spiro atoms. The Kier molecular flexibility index (Phi) is 5.74. The molecule has 3 rings (SSSR count). The van der Waals surface area contributed by atoms with Gasteiger partial charge in [-0.2, -0.15) is 0 Å². The van der Waals surface area contributed by atoms with Crippen molar-refractivity contribution in [2.45, 2.75) is 37.1 Å². The Hall–Kier alpha value is -2.17. The van der Waals surface area contributed by atoms with Gasteiger partial charge in [0.05, 0.1) is 0 Å². The van der Waals surface area contributed by atoms with E-state index in [1.165, 1.54) is 31.2 Å². The van der Waals surface area contributed by atoms with E-state index in [1.54, 1.807) is 0 Å². The quantitative estimate of drug-likeness (QED) is 0.834. The Morgan fingerprint density at radius 2 is 1.69 bits per heavy atom. The van der Waals surface area contributed by atoms with E-state index in [1.807, 2.05) is 42.5 Å². The Morgan fingerprint density at radius 1 is 1.08 bits per heavy atom. The van der Waals surface area contributed by atoms with Crippen LogP contribution >= 0.6 is 0 Å². The molecular formula is C22H29N3O. The van der Waals surface area contributed by atoms with Gasteiger partial charge >= 0.3 is 0 Å². The lowest BCUT2D eigenvalue weighted by Gasteiger charge is -2.33. The van der Waals surface area contributed by atoms with Crippen molar-refractivity contribution in [1.29, 1.82) is 0 Å². The van der Waals surface area contributed by atoms with Crippen LogP contribution in [0.5, 0.6) is 0 Å². The number of hydrogen-bond donors (Lipinski definition) is 2. The molecule has 4 heteroatoms. The van der Waals surface area contributed by atoms with Gasteiger partial charge in [0.15, 0.2) is 0 Å². The summed E-state index contributed by atoms with van der Waals surface area (Å²) in [6.07, 6.45) is 5.04. The highest BCUT2D eigenvalue weighted by Crippen LogP contribution is 2.41. The van der Waals surface area contributed by atoms with Crippen molar-refractivity contribution in [2.75, 3.05) is 26.0 Å². The van der Waals surface area contributed by atoms with Crippen molar-refractivity contribution in [3.8, 4) is 0 Å². The van der Waals surface area contributed by atoms with E-state index in [9.17, 15) is 4.79 Å². The second-order valence-electron chi connectivity index (χ2n) is 7.68. The van der Waals surface area contributed by atoms with Crippen LogP contribution in [-0.4, -0.2) is 31.4 Å². The Balaban J connectivity index is 1.70. The number of anilines is 1. The Labute approximate surface area is 156 Å². The summed E-state index contributed by atoms with van der Waals surface area (Å²) in [5.74, 6) is -0.187. The molecule has 0 bridgehead atoms. The van der Waals surface area contributed by atoms with Crippen LogP contribution in [0.4, 0.5) is 5.69 Å². The number of likely N-dealkylation sites (N-methyl/N-ethyl adjacent to an activating group) is 1. The van der Waals surface area contributed by atoms with Gasteiger partial charge in [-0.25, -0.2) is 0 Å². The molecule has 0 aliphatic heterocycles. The van der Waals surface area contributed by atoms with Crippen LogP contribution in [-0.2, 0) is 10.2 Å². The lowest BCUT2D eigenvalue weighted by Crippen LogP contribution is -2.35. The lowest BCUT2D eigenvalue weighted by atomic mass is 9.78. The zero-order chi connectivity index (χ0) is 18.6. The summed E-state index contributed by atoms with van der Waals surface area (Å²) >= 11 is 0. The predicted octanol–water partition coefficient (Wildman–Crippen LogP) is 3.70. The van der Waals surface area contributed by atoms with Crippen molar-refractivity contribution >= 4 is 11.6 Å². The predicted molar refractivity (Wildman–Crippen MR) is 107 cm³/mol. The molecule has 1 aliphatic carbocycles. The van der Waals surface area contributed by atoms with Crippen LogP contribution in [0.1, 0.15) is 42.9 Å². The molecule has 1 aliphatic rings. The standard InChI is InChI=1S/C22H29N3O/c1-25(2)16-22(14-6-7-15-22)18-10-12-19(13-11-18)24-21(26)20(23)17-8-4-3-5-9-17/h3-5,8-13,20H,6-7,14-16,23H2,1-2H3,(H,24,26). The molecular weight excluding hydrogens is 322 g/mol. The molecule has 1 amide bonds. The van der Waals surface area contributed by atoms with Gasteiger partial charge in [0.1, 0.15) is 6.04 Å². The largest absolute Gasteiger partial charge is 0.324 e. The maximum Gasteiger partial charge on any atom is 0.245 e. The third-order valence-electron chi connectivity index (χ3n) is 5.39. The van der Waals surface area contributed by atoms with E-state index in [0.29, 0.717) is 0 Å². The Bertz CT molecular complexity index is 719. The lowest BCUT2D eigenvalue weighted by molar-refractivity contribution is -0.117. The van der Waals surface area contributed by atoms with E-state index < -0.39 is 6.04 Å². The van der Waals surface area contributed by atoms with E-state index in [2.05, 4.69) is 36.4 Å². The van der Waals surface area contributed by atoms with Crippen LogP contribution in [0.15, 0.2) is 54.6 Å². The van der Waals surface area contributed by atoms with Crippen LogP contribution in [0.25, 0.3) is 0 Å². The summed E-state index contributed by atoms with van der Waals surface area (Å²) in [4.78, 5) is 14.7. The van der Waals surface area contributed by atoms with E-state index in [0.717, 1.165) is 17.8 Å². The van der Waals surface area contributed by atoms with Crippen molar-refractivity contribution in [2.24, 2.45) is 5.73 Å². The first kappa shape index (κ1) is 18.6. The Morgan fingerprint density at radius 3 is 2.27 bits per heavy atom. The highest BCUT2D eigenvalue weighted by molar-refractivity contribution is 5.95. The van der Waals surface area contributed by atoms with Crippen molar-refractivity contribution in [3.05, 3.63) is 65.7 Å². The third kappa shape index (κ3) is 4.14. The number of carbonyl (C=O) groups is 1. The monoisotopic (exact) mass is 351 g/mol. The number of benzene rings is 2. The summed E-state index contributed by atoms with van der Waals surface area (Å²) < 4.78 is 0. The van der Waals surface area contributed by atoms with Crippen LogP contribution in [0.3, 0.4) is 0 Å². The summed E-state index contributed by atoms with van der Waals surface area (Å²) in [6.45, 7) is 1.07. The number of amides is 1. The zero-order valence-electron chi connectivity index (χ0n) is 15.7. The van der Waals surface area contributed by atoms with Gasteiger partial charge in [-0.15, -0.1) is 0 Å². The molecule has 1 saturated carbocycles. The summed E-state index contributed by atoms with van der Waals surface area (Å²) in [7, 11) is 4.28. The molecule has 1 fully saturated rings. The number of nitrogens with one attached hydrogen (secondary N) is 1. The average Bonchev–Trinajstić information content (AvgIpc) is 3.11. The normalized spacial score (nSPS) is 17.2.